The number of aliphatic hydroxyl groups excluding tert-OH is 1. The molecule has 0 aliphatic carbocycles. The van der Waals surface area contributed by atoms with Gasteiger partial charge in [0, 0.05) is 56.9 Å². The number of likely N-dealkylation sites (tertiary alicyclic amines) is 1. The fourth-order valence-corrected chi connectivity index (χ4v) is 12.1. The Hall–Kier alpha value is -5.94. The van der Waals surface area contributed by atoms with Crippen LogP contribution in [0.5, 0.6) is 6.01 Å². The zero-order valence-corrected chi connectivity index (χ0v) is 43.0. The van der Waals surface area contributed by atoms with Gasteiger partial charge in [-0.1, -0.05) is 49.9 Å². The number of amides is 3. The molecule has 7 atom stereocenters. The average Bonchev–Trinajstić information content (AvgIpc) is 4.25. The van der Waals surface area contributed by atoms with Gasteiger partial charge in [0.15, 0.2) is 5.82 Å². The van der Waals surface area contributed by atoms with Crippen LogP contribution in [0.15, 0.2) is 42.2 Å². The monoisotopic (exact) mass is 1020 g/mol. The highest BCUT2D eigenvalue weighted by Crippen LogP contribution is 2.43. The summed E-state index contributed by atoms with van der Waals surface area (Å²) in [7, 11) is 0. The molecule has 3 amide bonds. The second-order valence-electron chi connectivity index (χ2n) is 21.4. The number of hydrogen-bond donors (Lipinski definition) is 4. The van der Waals surface area contributed by atoms with E-state index in [2.05, 4.69) is 51.0 Å². The molecule has 5 aliphatic rings. The molecule has 20 nitrogen and oxygen atoms in total. The number of rotatable bonds is 18. The molecule has 4 N–H and O–H groups in total. The summed E-state index contributed by atoms with van der Waals surface area (Å²) in [6.45, 7) is 12.9. The van der Waals surface area contributed by atoms with E-state index in [1.54, 1.807) is 30.7 Å². The summed E-state index contributed by atoms with van der Waals surface area (Å²) in [5, 5.41) is 29.0. The van der Waals surface area contributed by atoms with E-state index in [9.17, 15) is 19.5 Å². The number of β-amino-alcohol motifs (C(OH)–C–C–N with tert-alkyl or cyclic N) is 1. The van der Waals surface area contributed by atoms with Gasteiger partial charge in [0.25, 0.3) is 0 Å². The quantitative estimate of drug-likeness (QED) is 0.0983. The van der Waals surface area contributed by atoms with Crippen LogP contribution in [0.2, 0.25) is 0 Å². The van der Waals surface area contributed by atoms with Crippen molar-refractivity contribution in [2.45, 2.75) is 141 Å². The molecule has 5 fully saturated rings. The Labute approximate surface area is 427 Å². The Balaban J connectivity index is 0.678. The highest BCUT2D eigenvalue weighted by molar-refractivity contribution is 7.13. The number of piperazine rings is 1. The third kappa shape index (κ3) is 11.0. The van der Waals surface area contributed by atoms with Crippen LogP contribution in [0.25, 0.3) is 21.3 Å². The van der Waals surface area contributed by atoms with Crippen LogP contribution in [-0.2, 0) is 32.3 Å². The minimum atomic E-state index is -0.978. The first-order chi connectivity index (χ1) is 35.1. The Morgan fingerprint density at radius 2 is 1.82 bits per heavy atom. The number of carbonyl (C=O) groups excluding carboxylic acids is 3. The number of aryl methyl sites for hydroxylation is 2. The van der Waals surface area contributed by atoms with Gasteiger partial charge in [0.05, 0.1) is 64.6 Å². The number of pyridine rings is 1. The van der Waals surface area contributed by atoms with Crippen molar-refractivity contribution in [3.05, 3.63) is 70.6 Å². The van der Waals surface area contributed by atoms with E-state index in [-0.39, 0.29) is 73.9 Å². The number of aromatic nitrogens is 7. The Morgan fingerprint density at radius 1 is 1.03 bits per heavy atom. The van der Waals surface area contributed by atoms with Crippen LogP contribution in [0, 0.1) is 25.1 Å². The Kier molecular flexibility index (Phi) is 14.6. The largest absolute Gasteiger partial charge is 0.461 e. The van der Waals surface area contributed by atoms with Gasteiger partial charge in [0.2, 0.25) is 17.7 Å². The van der Waals surface area contributed by atoms with E-state index in [0.717, 1.165) is 79.9 Å². The number of carbonyl (C=O) groups is 3. The number of aliphatic hydroxyl groups is 1. The lowest BCUT2D eigenvalue weighted by Crippen LogP contribution is -2.57. The SMILES string of the molecule is Cc1ncsc1-c1ccc(CNC(=O)[C@H]2C[C@H](O)CN2C(=O)[C@H](NC(=O)CCOn2cc(COCC3CC[C@@]4(COc5nc(N6CC7CCC(C6)N7)c6cnc(C)c(F)c6n5)CCCN34)nn2)C(C)(C)C)cc1. The number of anilines is 1. The van der Waals surface area contributed by atoms with Crippen LogP contribution in [0.3, 0.4) is 0 Å². The van der Waals surface area contributed by atoms with Gasteiger partial charge < -0.3 is 45.2 Å². The molecule has 0 saturated carbocycles. The van der Waals surface area contributed by atoms with Crippen molar-refractivity contribution in [2.24, 2.45) is 5.41 Å². The molecule has 3 unspecified atom stereocenters. The number of nitrogens with one attached hydrogen (secondary N) is 3. The normalized spacial score (nSPS) is 24.3. The highest BCUT2D eigenvalue weighted by atomic mass is 32.1. The van der Waals surface area contributed by atoms with E-state index in [4.69, 9.17) is 19.3 Å². The fourth-order valence-electron chi connectivity index (χ4n) is 11.3. The molecule has 1 aromatic carbocycles. The zero-order chi connectivity index (χ0) is 51.0. The lowest BCUT2D eigenvalue weighted by molar-refractivity contribution is -0.144. The number of nitrogens with zero attached hydrogens (tertiary/aromatic N) is 10. The van der Waals surface area contributed by atoms with Gasteiger partial charge in [-0.2, -0.15) is 9.97 Å². The van der Waals surface area contributed by atoms with Gasteiger partial charge >= 0.3 is 6.01 Å². The van der Waals surface area contributed by atoms with Crippen LogP contribution in [-0.4, -0.2) is 156 Å². The van der Waals surface area contributed by atoms with Gasteiger partial charge in [-0.25, -0.2) is 9.37 Å². The number of hydrogen-bond acceptors (Lipinski definition) is 17. The first kappa shape index (κ1) is 50.6. The van der Waals surface area contributed by atoms with Gasteiger partial charge in [-0.3, -0.25) is 24.3 Å². The number of fused-ring (bicyclic) bond motifs is 4. The van der Waals surface area contributed by atoms with Crippen molar-refractivity contribution in [1.29, 1.82) is 0 Å². The van der Waals surface area contributed by atoms with E-state index in [1.807, 2.05) is 57.5 Å². The topological polar surface area (TPSA) is 227 Å². The standard InChI is InChI=1S/C51H66FN13O7S/c1-30-42(52)43-39(21-53-30)46(62-22-34-11-12-35(23-62)56-34)59-49(58-43)71-28-51-15-6-17-64(51)37(13-16-51)27-70-26-36-24-65(61-60-36)72-18-14-41(67)57-45(50(3,4)5)48(69)63-25-38(66)19-40(63)47(68)54-20-32-7-9-33(10-8-32)44-31(2)55-29-73-44/h7-10,21,24,29,34-35,37-38,40,45,56,66H,6,11-20,22-23,25-28H2,1-5H3,(H,54,68)(H,57,67)/t34?,35?,37?,38-,40+,45-,51+/m0/s1. The van der Waals surface area contributed by atoms with Crippen molar-refractivity contribution < 1.29 is 38.2 Å². The third-order valence-electron chi connectivity index (χ3n) is 15.2. The van der Waals surface area contributed by atoms with E-state index < -0.39 is 41.2 Å². The van der Waals surface area contributed by atoms with Crippen LogP contribution < -0.4 is 30.4 Å². The van der Waals surface area contributed by atoms with Crippen LogP contribution >= 0.6 is 11.3 Å². The second kappa shape index (κ2) is 21.1. The van der Waals surface area contributed by atoms with Crippen molar-refractivity contribution in [3.63, 3.8) is 0 Å². The molecule has 10 rings (SSSR count). The number of benzene rings is 1. The summed E-state index contributed by atoms with van der Waals surface area (Å²) in [6, 6.07) is 7.09. The number of halogens is 1. The third-order valence-corrected chi connectivity index (χ3v) is 16.2. The van der Waals surface area contributed by atoms with Crippen molar-refractivity contribution >= 4 is 45.8 Å². The molecule has 390 valence electrons. The van der Waals surface area contributed by atoms with E-state index >= 15 is 4.39 Å². The van der Waals surface area contributed by atoms with E-state index in [0.29, 0.717) is 42.2 Å². The van der Waals surface area contributed by atoms with Crippen molar-refractivity contribution in [1.82, 2.24) is 60.8 Å². The van der Waals surface area contributed by atoms with Crippen LogP contribution in [0.4, 0.5) is 10.2 Å². The summed E-state index contributed by atoms with van der Waals surface area (Å²) < 4.78 is 28.2. The number of ether oxygens (including phenoxy) is 2. The molecule has 0 radical (unpaired) electrons. The summed E-state index contributed by atoms with van der Waals surface area (Å²) in [6.07, 6.45) is 8.47. The molecule has 5 aliphatic heterocycles. The predicted molar refractivity (Wildman–Crippen MR) is 269 cm³/mol. The molecule has 4 aromatic heterocycles. The minimum Gasteiger partial charge on any atom is -0.461 e. The van der Waals surface area contributed by atoms with Gasteiger partial charge in [0.1, 0.15) is 42.3 Å². The maximum Gasteiger partial charge on any atom is 0.319 e. The summed E-state index contributed by atoms with van der Waals surface area (Å²) >= 11 is 1.57. The van der Waals surface area contributed by atoms with Crippen LogP contribution in [0.1, 0.15) is 94.8 Å². The lowest BCUT2D eigenvalue weighted by atomic mass is 9.85. The first-order valence-corrected chi connectivity index (χ1v) is 26.4. The molecule has 73 heavy (non-hydrogen) atoms. The molecule has 9 heterocycles. The summed E-state index contributed by atoms with van der Waals surface area (Å²) in [4.78, 5) is 73.2. The van der Waals surface area contributed by atoms with Gasteiger partial charge in [-0.05, 0) is 80.7 Å². The summed E-state index contributed by atoms with van der Waals surface area (Å²) in [5.74, 6) is -1.02. The van der Waals surface area contributed by atoms with Gasteiger partial charge in [-0.15, -0.1) is 16.4 Å². The van der Waals surface area contributed by atoms with Crippen molar-refractivity contribution in [3.8, 4) is 16.5 Å². The Bertz CT molecular complexity index is 2800. The first-order valence-electron chi connectivity index (χ1n) is 25.5. The summed E-state index contributed by atoms with van der Waals surface area (Å²) in [5.41, 5.74) is 4.87. The molecule has 5 saturated heterocycles. The number of thiazole rings is 1. The minimum absolute atomic E-state index is 0.0256. The average molecular weight is 1020 g/mol. The highest BCUT2D eigenvalue weighted by Gasteiger charge is 2.50. The molecule has 22 heteroatoms. The Morgan fingerprint density at radius 3 is 2.58 bits per heavy atom. The van der Waals surface area contributed by atoms with Crippen molar-refractivity contribution in [2.75, 3.05) is 50.9 Å². The molecule has 0 spiro atoms. The molecular formula is C51H66FN13O7S. The lowest BCUT2D eigenvalue weighted by Gasteiger charge is -2.35. The fraction of sp³-hybridized carbons (Fsp3) is 0.588. The molecule has 2 bridgehead atoms. The molecule has 5 aromatic rings. The maximum absolute atomic E-state index is 15.6. The molecular weight excluding hydrogens is 958 g/mol. The second-order valence-corrected chi connectivity index (χ2v) is 22.3. The van der Waals surface area contributed by atoms with E-state index in [1.165, 1.54) is 9.75 Å². The zero-order valence-electron chi connectivity index (χ0n) is 42.2. The maximum atomic E-state index is 15.6. The smallest absolute Gasteiger partial charge is 0.319 e. The predicted octanol–water partition coefficient (Wildman–Crippen LogP) is 3.66.